The van der Waals surface area contributed by atoms with E-state index in [4.69, 9.17) is 0 Å². The highest BCUT2D eigenvalue weighted by atomic mass is 32.1. The van der Waals surface area contributed by atoms with Crippen LogP contribution in [0.15, 0.2) is 16.9 Å². The topological polar surface area (TPSA) is 76.3 Å². The molecule has 1 aromatic carbocycles. The number of hydrogen-bond donors (Lipinski definition) is 0. The number of aromatic nitrogens is 1. The second-order valence-electron chi connectivity index (χ2n) is 6.59. The Labute approximate surface area is 162 Å². The van der Waals surface area contributed by atoms with E-state index >= 15 is 0 Å². The molecule has 1 heterocycles. The molecule has 3 rings (SSSR count). The van der Waals surface area contributed by atoms with E-state index in [0.717, 1.165) is 37.0 Å². The highest BCUT2D eigenvalue weighted by Crippen LogP contribution is 2.38. The number of fused-ring (bicyclic) bond motifs is 1. The monoisotopic (exact) mass is 411 g/mol. The van der Waals surface area contributed by atoms with Crippen LogP contribution >= 0.6 is 11.3 Å². The van der Waals surface area contributed by atoms with Crippen molar-refractivity contribution in [1.82, 2.24) is 4.98 Å². The number of anilines is 1. The van der Waals surface area contributed by atoms with Gasteiger partial charge in [0.1, 0.15) is 4.70 Å². The predicted octanol–water partition coefficient (Wildman–Crippen LogP) is 4.21. The second-order valence-corrected chi connectivity index (χ2v) is 7.56. The van der Waals surface area contributed by atoms with Gasteiger partial charge < -0.3 is 4.90 Å². The zero-order valence-corrected chi connectivity index (χ0v) is 15.7. The summed E-state index contributed by atoms with van der Waals surface area (Å²) in [4.78, 5) is 28.0. The maximum Gasteiger partial charge on any atom is 0.416 e. The van der Waals surface area contributed by atoms with Gasteiger partial charge >= 0.3 is 6.18 Å². The van der Waals surface area contributed by atoms with Crippen molar-refractivity contribution < 1.29 is 18.1 Å². The minimum Gasteiger partial charge on any atom is -0.340 e. The van der Waals surface area contributed by atoms with E-state index in [2.05, 4.69) is 16.8 Å². The average Bonchev–Trinajstić information content (AvgIpc) is 3.13. The molecule has 0 aliphatic heterocycles. The average molecular weight is 411 g/mol. The van der Waals surface area contributed by atoms with Crippen molar-refractivity contribution >= 4 is 32.2 Å². The Bertz CT molecular complexity index is 1030. The first-order valence-corrected chi connectivity index (χ1v) is 9.38. The third-order valence-electron chi connectivity index (χ3n) is 4.52. The zero-order valence-electron chi connectivity index (χ0n) is 14.9. The van der Waals surface area contributed by atoms with Crippen molar-refractivity contribution in [3.05, 3.63) is 38.2 Å². The van der Waals surface area contributed by atoms with Gasteiger partial charge in [-0.2, -0.15) is 18.2 Å². The molecule has 0 radical (unpaired) electrons. The maximum atomic E-state index is 13.0. The van der Waals surface area contributed by atoms with Crippen LogP contribution in [0.2, 0.25) is 0 Å². The van der Waals surface area contributed by atoms with Crippen molar-refractivity contribution in [3.63, 3.8) is 0 Å². The maximum absolute atomic E-state index is 13.0. The summed E-state index contributed by atoms with van der Waals surface area (Å²) in [5.41, 5.74) is -2.95. The lowest BCUT2D eigenvalue weighted by molar-refractivity contribution is -0.383. The second kappa shape index (κ2) is 7.75. The molecule has 0 atom stereocenters. The van der Waals surface area contributed by atoms with E-state index in [-0.39, 0.29) is 16.4 Å². The van der Waals surface area contributed by atoms with E-state index in [1.54, 1.807) is 11.9 Å². The quantitative estimate of drug-likeness (QED) is 0.430. The van der Waals surface area contributed by atoms with Gasteiger partial charge in [-0.3, -0.25) is 14.9 Å². The first kappa shape index (κ1) is 20.1. The Hall–Kier alpha value is -2.67. The molecule has 0 amide bonds. The number of rotatable bonds is 3. The van der Waals surface area contributed by atoms with Gasteiger partial charge in [-0.1, -0.05) is 36.0 Å². The lowest BCUT2D eigenvalue weighted by Crippen LogP contribution is -2.21. The normalized spacial score (nSPS) is 14.7. The van der Waals surface area contributed by atoms with Crippen LogP contribution in [0, 0.1) is 27.9 Å². The van der Waals surface area contributed by atoms with E-state index < -0.39 is 33.3 Å². The molecule has 0 bridgehead atoms. The largest absolute Gasteiger partial charge is 0.416 e. The Balaban J connectivity index is 2.00. The van der Waals surface area contributed by atoms with Crippen LogP contribution in [0.3, 0.4) is 0 Å². The van der Waals surface area contributed by atoms with Crippen molar-refractivity contribution in [2.24, 2.45) is 5.92 Å². The smallest absolute Gasteiger partial charge is 0.340 e. The summed E-state index contributed by atoms with van der Waals surface area (Å²) in [7, 11) is 1.63. The van der Waals surface area contributed by atoms with Gasteiger partial charge in [0, 0.05) is 19.0 Å². The minimum atomic E-state index is -4.80. The van der Waals surface area contributed by atoms with Crippen LogP contribution < -0.4 is 10.5 Å². The Kier molecular flexibility index (Phi) is 5.56. The number of nitro groups is 1. The first-order chi connectivity index (χ1) is 13.2. The molecule has 0 N–H and O–H groups in total. The number of nitrogens with zero attached hydrogens (tertiary/aromatic N) is 3. The highest BCUT2D eigenvalue weighted by Gasteiger charge is 2.34. The van der Waals surface area contributed by atoms with Crippen LogP contribution in [0.5, 0.6) is 0 Å². The summed E-state index contributed by atoms with van der Waals surface area (Å²) in [6, 6.07) is 1.06. The van der Waals surface area contributed by atoms with E-state index in [1.807, 2.05) is 0 Å². The summed E-state index contributed by atoms with van der Waals surface area (Å²) in [5.74, 6) is 6.54. The molecule has 1 aromatic heterocycles. The SMILES string of the molecule is CN(CC#CC1CCCC1)c1nc(=O)c2cc(C(F)(F)F)cc([N+](=O)[O-])c2s1. The van der Waals surface area contributed by atoms with Gasteiger partial charge in [0.15, 0.2) is 5.13 Å². The Morgan fingerprint density at radius 1 is 1.36 bits per heavy atom. The molecule has 1 fully saturated rings. The molecule has 1 saturated carbocycles. The summed E-state index contributed by atoms with van der Waals surface area (Å²) in [6.07, 6.45) is -0.363. The van der Waals surface area contributed by atoms with Crippen LogP contribution in [-0.4, -0.2) is 23.5 Å². The van der Waals surface area contributed by atoms with Crippen LogP contribution in [-0.2, 0) is 6.18 Å². The highest BCUT2D eigenvalue weighted by molar-refractivity contribution is 7.22. The lowest BCUT2D eigenvalue weighted by atomic mass is 10.1. The standard InChI is InChI=1S/C18H16F3N3O3S/c1-23(8-4-7-11-5-2-3-6-11)17-22-16(25)13-9-12(18(19,20)21)10-14(24(26)27)15(13)28-17/h9-11H,2-3,5-6,8H2,1H3. The number of benzene rings is 1. The molecule has 1 aliphatic rings. The molecule has 6 nitrogen and oxygen atoms in total. The van der Waals surface area contributed by atoms with Gasteiger partial charge in [0.25, 0.3) is 11.2 Å². The summed E-state index contributed by atoms with van der Waals surface area (Å²) >= 11 is 0.804. The van der Waals surface area contributed by atoms with E-state index in [9.17, 15) is 28.1 Å². The minimum absolute atomic E-state index is 0.136. The molecule has 0 unspecified atom stereocenters. The van der Waals surface area contributed by atoms with Gasteiger partial charge in [0.2, 0.25) is 0 Å². The van der Waals surface area contributed by atoms with Crippen LogP contribution in [0.1, 0.15) is 31.2 Å². The molecule has 0 spiro atoms. The Morgan fingerprint density at radius 3 is 2.64 bits per heavy atom. The molecule has 0 saturated heterocycles. The number of non-ortho nitro benzene ring substituents is 1. The number of alkyl halides is 3. The van der Waals surface area contributed by atoms with Gasteiger partial charge in [-0.05, 0) is 18.9 Å². The molecular weight excluding hydrogens is 395 g/mol. The number of nitro benzene ring substituents is 1. The molecular formula is C18H16F3N3O3S. The summed E-state index contributed by atoms with van der Waals surface area (Å²) in [6.45, 7) is 0.263. The third-order valence-corrected chi connectivity index (χ3v) is 5.74. The van der Waals surface area contributed by atoms with Crippen LogP contribution in [0.25, 0.3) is 10.1 Å². The molecule has 1 aliphatic carbocycles. The number of hydrogen-bond acceptors (Lipinski definition) is 6. The zero-order chi connectivity index (χ0) is 20.5. The molecule has 10 heteroatoms. The van der Waals surface area contributed by atoms with Gasteiger partial charge in [0.05, 0.1) is 22.4 Å². The summed E-state index contributed by atoms with van der Waals surface area (Å²) < 4.78 is 38.9. The van der Waals surface area contributed by atoms with Crippen molar-refractivity contribution in [2.75, 3.05) is 18.5 Å². The molecule has 148 valence electrons. The third kappa shape index (κ3) is 4.25. The lowest BCUT2D eigenvalue weighted by Gasteiger charge is -2.14. The van der Waals surface area contributed by atoms with E-state index in [1.165, 1.54) is 0 Å². The fourth-order valence-electron chi connectivity index (χ4n) is 3.05. The van der Waals surface area contributed by atoms with Gasteiger partial charge in [-0.25, -0.2) is 0 Å². The van der Waals surface area contributed by atoms with Gasteiger partial charge in [-0.15, -0.1) is 0 Å². The predicted molar refractivity (Wildman–Crippen MR) is 101 cm³/mol. The molecule has 2 aromatic rings. The van der Waals surface area contributed by atoms with Crippen LogP contribution in [0.4, 0.5) is 24.0 Å². The van der Waals surface area contributed by atoms with Crippen molar-refractivity contribution in [1.29, 1.82) is 0 Å². The molecule has 28 heavy (non-hydrogen) atoms. The fourth-order valence-corrected chi connectivity index (χ4v) is 4.08. The Morgan fingerprint density at radius 2 is 2.04 bits per heavy atom. The van der Waals surface area contributed by atoms with Crippen molar-refractivity contribution in [2.45, 2.75) is 31.9 Å². The first-order valence-electron chi connectivity index (χ1n) is 8.57. The summed E-state index contributed by atoms with van der Waals surface area (Å²) in [5, 5.41) is 11.0. The van der Waals surface area contributed by atoms with E-state index in [0.29, 0.717) is 18.1 Å². The van der Waals surface area contributed by atoms with Crippen molar-refractivity contribution in [3.8, 4) is 11.8 Å². The fraction of sp³-hybridized carbons (Fsp3) is 0.444. The number of halogens is 3.